The van der Waals surface area contributed by atoms with Crippen LogP contribution in [0.25, 0.3) is 0 Å². The zero-order valence-corrected chi connectivity index (χ0v) is 11.4. The van der Waals surface area contributed by atoms with Crippen LogP contribution in [0.15, 0.2) is 42.5 Å². The maximum absolute atomic E-state index is 11.2. The topological polar surface area (TPSA) is 37.3 Å². The number of carboxylic acid groups (broad SMARTS) is 1. The first-order valence-corrected chi connectivity index (χ1v) is 6.51. The van der Waals surface area contributed by atoms with Crippen molar-refractivity contribution >= 4 is 17.6 Å². The molecule has 0 aliphatic rings. The van der Waals surface area contributed by atoms with Crippen LogP contribution in [0.5, 0.6) is 0 Å². The molecule has 3 heteroatoms. The van der Waals surface area contributed by atoms with Crippen LogP contribution >= 0.6 is 11.6 Å². The Morgan fingerprint density at radius 1 is 1.16 bits per heavy atom. The van der Waals surface area contributed by atoms with E-state index in [1.807, 2.05) is 43.3 Å². The van der Waals surface area contributed by atoms with Gasteiger partial charge in [-0.25, -0.2) is 4.79 Å². The van der Waals surface area contributed by atoms with Crippen LogP contribution in [0.4, 0.5) is 0 Å². The van der Waals surface area contributed by atoms with Gasteiger partial charge in [0.2, 0.25) is 0 Å². The molecular formula is C16H15ClO2. The highest BCUT2D eigenvalue weighted by Gasteiger charge is 2.10. The molecule has 0 fully saturated rings. The maximum atomic E-state index is 11.2. The van der Waals surface area contributed by atoms with Crippen LogP contribution in [-0.4, -0.2) is 11.1 Å². The third kappa shape index (κ3) is 3.58. The van der Waals surface area contributed by atoms with E-state index in [0.717, 1.165) is 23.1 Å². The second-order valence-corrected chi connectivity index (χ2v) is 5.03. The summed E-state index contributed by atoms with van der Waals surface area (Å²) in [7, 11) is 0. The summed E-state index contributed by atoms with van der Waals surface area (Å²) in [4.78, 5) is 11.2. The largest absolute Gasteiger partial charge is 0.478 e. The summed E-state index contributed by atoms with van der Waals surface area (Å²) in [5, 5.41) is 9.92. The monoisotopic (exact) mass is 274 g/mol. The average molecular weight is 275 g/mol. The van der Waals surface area contributed by atoms with E-state index in [4.69, 9.17) is 11.6 Å². The van der Waals surface area contributed by atoms with Crippen molar-refractivity contribution in [3.05, 3.63) is 69.7 Å². The quantitative estimate of drug-likeness (QED) is 0.910. The van der Waals surface area contributed by atoms with Crippen molar-refractivity contribution in [1.82, 2.24) is 0 Å². The van der Waals surface area contributed by atoms with Gasteiger partial charge in [0, 0.05) is 5.02 Å². The number of hydrogen-bond acceptors (Lipinski definition) is 1. The number of halogens is 1. The lowest BCUT2D eigenvalue weighted by Crippen LogP contribution is -2.04. The molecule has 0 spiro atoms. The standard InChI is InChI=1S/C16H15ClO2/c1-11-5-7-13(15(9-11)16(18)19)8-6-12-3-2-4-14(17)10-12/h2-5,7,9-10H,6,8H2,1H3,(H,18,19). The van der Waals surface area contributed by atoms with Crippen LogP contribution in [0, 0.1) is 6.92 Å². The number of carbonyl (C=O) groups is 1. The highest BCUT2D eigenvalue weighted by Crippen LogP contribution is 2.17. The first kappa shape index (κ1) is 13.6. The maximum Gasteiger partial charge on any atom is 0.335 e. The molecule has 2 nitrogen and oxygen atoms in total. The molecule has 0 aliphatic carbocycles. The van der Waals surface area contributed by atoms with Gasteiger partial charge in [-0.05, 0) is 49.1 Å². The van der Waals surface area contributed by atoms with Gasteiger partial charge in [0.05, 0.1) is 5.56 Å². The van der Waals surface area contributed by atoms with Crippen molar-refractivity contribution in [3.63, 3.8) is 0 Å². The van der Waals surface area contributed by atoms with Crippen LogP contribution in [-0.2, 0) is 12.8 Å². The Kier molecular flexibility index (Phi) is 4.23. The van der Waals surface area contributed by atoms with Crippen LogP contribution < -0.4 is 0 Å². The molecule has 0 radical (unpaired) electrons. The van der Waals surface area contributed by atoms with E-state index in [2.05, 4.69) is 0 Å². The van der Waals surface area contributed by atoms with Crippen molar-refractivity contribution < 1.29 is 9.90 Å². The molecule has 2 rings (SSSR count). The predicted octanol–water partition coefficient (Wildman–Crippen LogP) is 4.13. The van der Waals surface area contributed by atoms with Gasteiger partial charge in [-0.3, -0.25) is 0 Å². The van der Waals surface area contributed by atoms with Gasteiger partial charge in [-0.15, -0.1) is 0 Å². The summed E-state index contributed by atoms with van der Waals surface area (Å²) < 4.78 is 0. The van der Waals surface area contributed by atoms with Gasteiger partial charge in [-0.1, -0.05) is 41.4 Å². The molecule has 2 aromatic carbocycles. The van der Waals surface area contributed by atoms with Gasteiger partial charge in [0.1, 0.15) is 0 Å². The number of hydrogen-bond donors (Lipinski definition) is 1. The lowest BCUT2D eigenvalue weighted by atomic mass is 9.98. The van der Waals surface area contributed by atoms with E-state index >= 15 is 0 Å². The van der Waals surface area contributed by atoms with Gasteiger partial charge >= 0.3 is 5.97 Å². The third-order valence-electron chi connectivity index (χ3n) is 3.07. The summed E-state index contributed by atoms with van der Waals surface area (Å²) in [6.45, 7) is 1.90. The van der Waals surface area contributed by atoms with Crippen LogP contribution in [0.3, 0.4) is 0 Å². The average Bonchev–Trinajstić information content (AvgIpc) is 2.37. The Labute approximate surface area is 117 Å². The molecule has 1 N–H and O–H groups in total. The highest BCUT2D eigenvalue weighted by molar-refractivity contribution is 6.30. The van der Waals surface area contributed by atoms with Crippen LogP contribution in [0.2, 0.25) is 5.02 Å². The lowest BCUT2D eigenvalue weighted by molar-refractivity contribution is 0.0695. The SMILES string of the molecule is Cc1ccc(CCc2cccc(Cl)c2)c(C(=O)O)c1. The molecule has 0 aliphatic heterocycles. The number of benzene rings is 2. The third-order valence-corrected chi connectivity index (χ3v) is 3.30. The minimum Gasteiger partial charge on any atom is -0.478 e. The number of aryl methyl sites for hydroxylation is 3. The fraction of sp³-hybridized carbons (Fsp3) is 0.188. The van der Waals surface area contributed by atoms with Gasteiger partial charge < -0.3 is 5.11 Å². The molecule has 0 saturated heterocycles. The molecule has 0 atom stereocenters. The number of aromatic carboxylic acids is 1. The fourth-order valence-corrected chi connectivity index (χ4v) is 2.29. The number of carboxylic acids is 1. The molecule has 19 heavy (non-hydrogen) atoms. The van der Waals surface area contributed by atoms with Crippen molar-refractivity contribution in [2.75, 3.05) is 0 Å². The van der Waals surface area contributed by atoms with Crippen molar-refractivity contribution in [1.29, 1.82) is 0 Å². The smallest absolute Gasteiger partial charge is 0.335 e. The van der Waals surface area contributed by atoms with E-state index in [9.17, 15) is 9.90 Å². The first-order chi connectivity index (χ1) is 9.06. The Hall–Kier alpha value is -1.80. The van der Waals surface area contributed by atoms with Crippen molar-refractivity contribution in [3.8, 4) is 0 Å². The van der Waals surface area contributed by atoms with Crippen LogP contribution in [0.1, 0.15) is 27.0 Å². The molecular weight excluding hydrogens is 260 g/mol. The molecule has 0 unspecified atom stereocenters. The van der Waals surface area contributed by atoms with E-state index in [-0.39, 0.29) is 0 Å². The minimum absolute atomic E-state index is 0.391. The minimum atomic E-state index is -0.871. The zero-order chi connectivity index (χ0) is 13.8. The lowest BCUT2D eigenvalue weighted by Gasteiger charge is -2.07. The van der Waals surface area contributed by atoms with Gasteiger partial charge in [-0.2, -0.15) is 0 Å². The van der Waals surface area contributed by atoms with E-state index in [1.54, 1.807) is 6.07 Å². The Balaban J connectivity index is 2.17. The van der Waals surface area contributed by atoms with Crippen molar-refractivity contribution in [2.45, 2.75) is 19.8 Å². The molecule has 0 aromatic heterocycles. The number of rotatable bonds is 4. The summed E-state index contributed by atoms with van der Waals surface area (Å²) in [5.74, 6) is -0.871. The molecule has 0 bridgehead atoms. The highest BCUT2D eigenvalue weighted by atomic mass is 35.5. The van der Waals surface area contributed by atoms with E-state index < -0.39 is 5.97 Å². The molecule has 2 aromatic rings. The Morgan fingerprint density at radius 3 is 2.63 bits per heavy atom. The summed E-state index contributed by atoms with van der Waals surface area (Å²) in [6.07, 6.45) is 1.48. The van der Waals surface area contributed by atoms with Gasteiger partial charge in [0.15, 0.2) is 0 Å². The Bertz CT molecular complexity index is 605. The fourth-order valence-electron chi connectivity index (χ4n) is 2.08. The predicted molar refractivity (Wildman–Crippen MR) is 77.0 cm³/mol. The second-order valence-electron chi connectivity index (χ2n) is 4.60. The molecule has 98 valence electrons. The normalized spacial score (nSPS) is 10.4. The van der Waals surface area contributed by atoms with Crippen molar-refractivity contribution in [2.24, 2.45) is 0 Å². The van der Waals surface area contributed by atoms with Gasteiger partial charge in [0.25, 0.3) is 0 Å². The Morgan fingerprint density at radius 2 is 1.95 bits per heavy atom. The second kappa shape index (κ2) is 5.89. The van der Waals surface area contributed by atoms with E-state index in [1.165, 1.54) is 0 Å². The molecule has 0 saturated carbocycles. The summed E-state index contributed by atoms with van der Waals surface area (Å²) in [5.41, 5.74) is 3.33. The molecule has 0 amide bonds. The molecule has 0 heterocycles. The summed E-state index contributed by atoms with van der Waals surface area (Å²) in [6, 6.07) is 13.2. The summed E-state index contributed by atoms with van der Waals surface area (Å²) >= 11 is 5.93. The zero-order valence-electron chi connectivity index (χ0n) is 10.7. The first-order valence-electron chi connectivity index (χ1n) is 6.13. The van der Waals surface area contributed by atoms with E-state index in [0.29, 0.717) is 17.0 Å².